The fourth-order valence-electron chi connectivity index (χ4n) is 2.37. The zero-order chi connectivity index (χ0) is 14.0. The Labute approximate surface area is 117 Å². The van der Waals surface area contributed by atoms with Gasteiger partial charge in [0.2, 0.25) is 10.0 Å². The van der Waals surface area contributed by atoms with Crippen LogP contribution in [0, 0.1) is 5.82 Å². The van der Waals surface area contributed by atoms with Crippen LogP contribution in [0.5, 0.6) is 0 Å². The van der Waals surface area contributed by atoms with Crippen LogP contribution >= 0.6 is 11.6 Å². The molecule has 0 aromatic heterocycles. The van der Waals surface area contributed by atoms with E-state index in [1.165, 1.54) is 22.5 Å². The predicted molar refractivity (Wildman–Crippen MR) is 72.3 cm³/mol. The van der Waals surface area contributed by atoms with E-state index in [0.29, 0.717) is 13.1 Å². The van der Waals surface area contributed by atoms with Gasteiger partial charge >= 0.3 is 0 Å². The van der Waals surface area contributed by atoms with Crippen LogP contribution in [0.25, 0.3) is 0 Å². The second kappa shape index (κ2) is 5.75. The van der Waals surface area contributed by atoms with Crippen molar-refractivity contribution in [2.75, 3.05) is 20.1 Å². The molecule has 1 fully saturated rings. The van der Waals surface area contributed by atoms with E-state index in [9.17, 15) is 12.8 Å². The molecule has 1 atom stereocenters. The largest absolute Gasteiger partial charge is 0.318 e. The third kappa shape index (κ3) is 2.76. The van der Waals surface area contributed by atoms with Gasteiger partial charge in [0.1, 0.15) is 4.90 Å². The van der Waals surface area contributed by atoms with Gasteiger partial charge in [0.15, 0.2) is 5.82 Å². The fraction of sp³-hybridized carbons (Fsp3) is 0.500. The molecule has 0 radical (unpaired) electrons. The Balaban J connectivity index is 2.39. The number of hydrogen-bond acceptors (Lipinski definition) is 3. The van der Waals surface area contributed by atoms with Crippen LogP contribution in [-0.4, -0.2) is 38.9 Å². The number of sulfonamides is 1. The van der Waals surface area contributed by atoms with Gasteiger partial charge in [0.25, 0.3) is 0 Å². The van der Waals surface area contributed by atoms with Gasteiger partial charge in [-0.25, -0.2) is 12.8 Å². The van der Waals surface area contributed by atoms with Gasteiger partial charge in [0, 0.05) is 19.1 Å². The highest BCUT2D eigenvalue weighted by molar-refractivity contribution is 7.89. The van der Waals surface area contributed by atoms with Gasteiger partial charge in [-0.05, 0) is 32.0 Å². The lowest BCUT2D eigenvalue weighted by Gasteiger charge is -2.24. The van der Waals surface area contributed by atoms with E-state index < -0.39 is 15.8 Å². The number of halogens is 2. The van der Waals surface area contributed by atoms with Crippen molar-refractivity contribution in [1.82, 2.24) is 9.62 Å². The van der Waals surface area contributed by atoms with Crippen molar-refractivity contribution in [3.8, 4) is 0 Å². The predicted octanol–water partition coefficient (Wildman–Crippen LogP) is 1.85. The SMILES string of the molecule is CNC[C@H]1CCCN1S(=O)(=O)c1cccc(Cl)c1F. The molecule has 0 saturated carbocycles. The van der Waals surface area contributed by atoms with Crippen LogP contribution in [0.15, 0.2) is 23.1 Å². The molecule has 19 heavy (non-hydrogen) atoms. The number of hydrogen-bond donors (Lipinski definition) is 1. The van der Waals surface area contributed by atoms with Crippen molar-refractivity contribution in [2.45, 2.75) is 23.8 Å². The summed E-state index contributed by atoms with van der Waals surface area (Å²) in [5.41, 5.74) is 0. The lowest BCUT2D eigenvalue weighted by molar-refractivity contribution is 0.377. The smallest absolute Gasteiger partial charge is 0.246 e. The van der Waals surface area contributed by atoms with E-state index in [2.05, 4.69) is 5.32 Å². The first-order valence-corrected chi connectivity index (χ1v) is 7.90. The minimum absolute atomic E-state index is 0.131. The first-order chi connectivity index (χ1) is 8.98. The summed E-state index contributed by atoms with van der Waals surface area (Å²) in [4.78, 5) is -0.344. The van der Waals surface area contributed by atoms with Crippen molar-refractivity contribution in [2.24, 2.45) is 0 Å². The second-order valence-corrected chi connectivity index (χ2v) is 6.79. The van der Waals surface area contributed by atoms with Gasteiger partial charge in [0.05, 0.1) is 5.02 Å². The molecule has 1 aliphatic rings. The molecule has 1 aliphatic heterocycles. The zero-order valence-electron chi connectivity index (χ0n) is 10.6. The quantitative estimate of drug-likeness (QED) is 0.923. The summed E-state index contributed by atoms with van der Waals surface area (Å²) in [5, 5.41) is 2.79. The molecule has 2 rings (SSSR count). The lowest BCUT2D eigenvalue weighted by Crippen LogP contribution is -2.41. The van der Waals surface area contributed by atoms with E-state index in [1.54, 1.807) is 7.05 Å². The standard InChI is InChI=1S/C12H16ClFN2O2S/c1-15-8-9-4-3-7-16(9)19(17,18)11-6-2-5-10(13)12(11)14/h2,5-6,9,15H,3-4,7-8H2,1H3/t9-/m1/s1. The summed E-state index contributed by atoms with van der Waals surface area (Å²) in [6.45, 7) is 0.974. The Morgan fingerprint density at radius 3 is 2.95 bits per heavy atom. The van der Waals surface area contributed by atoms with Gasteiger partial charge < -0.3 is 5.32 Å². The molecule has 7 heteroatoms. The maximum atomic E-state index is 13.9. The Hall–Kier alpha value is -0.690. The molecule has 4 nitrogen and oxygen atoms in total. The van der Waals surface area contributed by atoms with Gasteiger partial charge in [-0.1, -0.05) is 17.7 Å². The van der Waals surface area contributed by atoms with E-state index in [-0.39, 0.29) is 16.0 Å². The number of nitrogens with one attached hydrogen (secondary N) is 1. The van der Waals surface area contributed by atoms with Crippen LogP contribution in [0.3, 0.4) is 0 Å². The van der Waals surface area contributed by atoms with E-state index in [4.69, 9.17) is 11.6 Å². The topological polar surface area (TPSA) is 49.4 Å². The average molecular weight is 307 g/mol. The summed E-state index contributed by atoms with van der Waals surface area (Å²) in [7, 11) is -2.06. The third-order valence-electron chi connectivity index (χ3n) is 3.27. The Morgan fingerprint density at radius 2 is 2.26 bits per heavy atom. The minimum atomic E-state index is -3.83. The van der Waals surface area contributed by atoms with Gasteiger partial charge in [-0.15, -0.1) is 0 Å². The van der Waals surface area contributed by atoms with Crippen molar-refractivity contribution < 1.29 is 12.8 Å². The molecular weight excluding hydrogens is 291 g/mol. The van der Waals surface area contributed by atoms with Crippen LogP contribution in [0.2, 0.25) is 5.02 Å². The molecule has 1 heterocycles. The number of nitrogens with zero attached hydrogens (tertiary/aromatic N) is 1. The summed E-state index contributed by atoms with van der Waals surface area (Å²) in [6, 6.07) is 3.91. The summed E-state index contributed by atoms with van der Waals surface area (Å²) < 4.78 is 40.3. The van der Waals surface area contributed by atoms with Crippen LogP contribution in [0.4, 0.5) is 4.39 Å². The van der Waals surface area contributed by atoms with Crippen molar-refractivity contribution in [1.29, 1.82) is 0 Å². The van der Waals surface area contributed by atoms with Crippen LogP contribution in [-0.2, 0) is 10.0 Å². The average Bonchev–Trinajstić information content (AvgIpc) is 2.82. The summed E-state index contributed by atoms with van der Waals surface area (Å²) in [5.74, 6) is -0.876. The first-order valence-electron chi connectivity index (χ1n) is 6.09. The zero-order valence-corrected chi connectivity index (χ0v) is 12.1. The highest BCUT2D eigenvalue weighted by Crippen LogP contribution is 2.29. The molecule has 0 amide bonds. The maximum Gasteiger partial charge on any atom is 0.246 e. The Bertz CT molecular complexity index is 565. The number of rotatable bonds is 4. The molecule has 1 N–H and O–H groups in total. The van der Waals surface area contributed by atoms with Gasteiger partial charge in [-0.3, -0.25) is 0 Å². The molecule has 1 aromatic carbocycles. The number of benzene rings is 1. The molecule has 0 aliphatic carbocycles. The second-order valence-electron chi connectivity index (χ2n) is 4.52. The van der Waals surface area contributed by atoms with E-state index >= 15 is 0 Å². The maximum absolute atomic E-state index is 13.9. The molecule has 0 bridgehead atoms. The molecule has 106 valence electrons. The molecule has 1 aromatic rings. The highest BCUT2D eigenvalue weighted by atomic mass is 35.5. The van der Waals surface area contributed by atoms with Gasteiger partial charge in [-0.2, -0.15) is 4.31 Å². The Morgan fingerprint density at radius 1 is 1.53 bits per heavy atom. The lowest BCUT2D eigenvalue weighted by atomic mass is 10.2. The molecule has 0 unspecified atom stereocenters. The Kier molecular flexibility index (Phi) is 4.45. The third-order valence-corrected chi connectivity index (χ3v) is 5.53. The molecule has 0 spiro atoms. The molecular formula is C12H16ClFN2O2S. The fourth-order valence-corrected chi connectivity index (χ4v) is 4.39. The first kappa shape index (κ1) is 14.7. The minimum Gasteiger partial charge on any atom is -0.318 e. The van der Waals surface area contributed by atoms with E-state index in [0.717, 1.165) is 12.8 Å². The molecule has 1 saturated heterocycles. The summed E-state index contributed by atoms with van der Waals surface area (Å²) in [6.07, 6.45) is 1.57. The summed E-state index contributed by atoms with van der Waals surface area (Å²) >= 11 is 5.65. The normalized spacial score (nSPS) is 20.9. The monoisotopic (exact) mass is 306 g/mol. The van der Waals surface area contributed by atoms with Crippen molar-refractivity contribution in [3.63, 3.8) is 0 Å². The van der Waals surface area contributed by atoms with Crippen molar-refractivity contribution in [3.05, 3.63) is 29.0 Å². The van der Waals surface area contributed by atoms with Crippen molar-refractivity contribution >= 4 is 21.6 Å². The van der Waals surface area contributed by atoms with Crippen LogP contribution in [0.1, 0.15) is 12.8 Å². The van der Waals surface area contributed by atoms with Crippen LogP contribution < -0.4 is 5.32 Å². The van der Waals surface area contributed by atoms with E-state index in [1.807, 2.05) is 0 Å². The number of likely N-dealkylation sites (N-methyl/N-ethyl adjacent to an activating group) is 1. The highest BCUT2D eigenvalue weighted by Gasteiger charge is 2.36.